The first-order valence-corrected chi connectivity index (χ1v) is 4.52. The van der Waals surface area contributed by atoms with Gasteiger partial charge in [-0.2, -0.15) is 0 Å². The van der Waals surface area contributed by atoms with E-state index < -0.39 is 5.82 Å². The van der Waals surface area contributed by atoms with Crippen LogP contribution in [0.4, 0.5) is 10.1 Å². The summed E-state index contributed by atoms with van der Waals surface area (Å²) in [7, 11) is 0. The van der Waals surface area contributed by atoms with Gasteiger partial charge in [0, 0.05) is 17.3 Å². The van der Waals surface area contributed by atoms with Crippen molar-refractivity contribution in [1.29, 1.82) is 0 Å². The molecule has 3 nitrogen and oxygen atoms in total. The number of anilines is 1. The molecule has 0 spiro atoms. The second kappa shape index (κ2) is 3.29. The summed E-state index contributed by atoms with van der Waals surface area (Å²) in [5.41, 5.74) is 5.98. The highest BCUT2D eigenvalue weighted by atomic mass is 19.1. The monoisotopic (exact) mass is 194 g/mol. The second-order valence-corrected chi connectivity index (χ2v) is 3.52. The van der Waals surface area contributed by atoms with Crippen LogP contribution in [-0.2, 0) is 0 Å². The van der Waals surface area contributed by atoms with E-state index in [0.717, 1.165) is 12.8 Å². The van der Waals surface area contributed by atoms with Gasteiger partial charge in [0.25, 0.3) is 5.91 Å². The van der Waals surface area contributed by atoms with Gasteiger partial charge >= 0.3 is 0 Å². The zero-order valence-corrected chi connectivity index (χ0v) is 7.59. The van der Waals surface area contributed by atoms with Crippen LogP contribution < -0.4 is 11.1 Å². The molecule has 3 N–H and O–H groups in total. The fraction of sp³-hybridized carbons (Fsp3) is 0.300. The van der Waals surface area contributed by atoms with E-state index in [1.807, 2.05) is 0 Å². The maximum Gasteiger partial charge on any atom is 0.251 e. The number of nitrogens with one attached hydrogen (secondary N) is 1. The van der Waals surface area contributed by atoms with E-state index in [-0.39, 0.29) is 23.2 Å². The van der Waals surface area contributed by atoms with Gasteiger partial charge < -0.3 is 11.1 Å². The Hall–Kier alpha value is -1.58. The van der Waals surface area contributed by atoms with E-state index in [1.165, 1.54) is 18.2 Å². The van der Waals surface area contributed by atoms with Crippen LogP contribution >= 0.6 is 0 Å². The third-order valence-corrected chi connectivity index (χ3v) is 2.09. The van der Waals surface area contributed by atoms with E-state index in [1.54, 1.807) is 0 Å². The average Bonchev–Trinajstić information content (AvgIpc) is 2.86. The van der Waals surface area contributed by atoms with Crippen LogP contribution in [-0.4, -0.2) is 11.9 Å². The molecule has 0 atom stereocenters. The van der Waals surface area contributed by atoms with Gasteiger partial charge in [0.15, 0.2) is 0 Å². The summed E-state index contributed by atoms with van der Waals surface area (Å²) >= 11 is 0. The molecule has 1 aliphatic carbocycles. The van der Waals surface area contributed by atoms with Crippen LogP contribution in [0.1, 0.15) is 23.2 Å². The van der Waals surface area contributed by atoms with Crippen molar-refractivity contribution >= 4 is 11.6 Å². The lowest BCUT2D eigenvalue weighted by Gasteiger charge is -2.04. The van der Waals surface area contributed by atoms with Crippen LogP contribution in [0.15, 0.2) is 18.2 Å². The first-order chi connectivity index (χ1) is 6.65. The van der Waals surface area contributed by atoms with Crippen molar-refractivity contribution in [3.8, 4) is 0 Å². The van der Waals surface area contributed by atoms with Gasteiger partial charge in [-0.3, -0.25) is 4.79 Å². The van der Waals surface area contributed by atoms with Crippen LogP contribution in [0.3, 0.4) is 0 Å². The van der Waals surface area contributed by atoms with Crippen molar-refractivity contribution in [1.82, 2.24) is 5.32 Å². The smallest absolute Gasteiger partial charge is 0.251 e. The molecule has 0 unspecified atom stereocenters. The Labute approximate surface area is 81.1 Å². The van der Waals surface area contributed by atoms with Crippen molar-refractivity contribution in [2.75, 3.05) is 5.73 Å². The molecule has 0 aliphatic heterocycles. The minimum absolute atomic E-state index is 0.251. The lowest BCUT2D eigenvalue weighted by molar-refractivity contribution is 0.0950. The molecule has 0 bridgehead atoms. The molecule has 74 valence electrons. The normalized spacial score (nSPS) is 15.2. The van der Waals surface area contributed by atoms with Crippen molar-refractivity contribution in [2.45, 2.75) is 18.9 Å². The summed E-state index contributed by atoms with van der Waals surface area (Å²) in [5.74, 6) is -0.732. The number of amides is 1. The Balaban J connectivity index is 2.17. The lowest BCUT2D eigenvalue weighted by Crippen LogP contribution is -2.25. The number of hydrogen-bond acceptors (Lipinski definition) is 2. The number of nitrogen functional groups attached to an aromatic ring is 1. The molecule has 0 radical (unpaired) electrons. The number of carbonyl (C=O) groups excluding carboxylic acids is 1. The lowest BCUT2D eigenvalue weighted by atomic mass is 10.2. The van der Waals surface area contributed by atoms with Gasteiger partial charge in [-0.1, -0.05) is 0 Å². The summed E-state index contributed by atoms with van der Waals surface area (Å²) in [6, 6.07) is 4.12. The third kappa shape index (κ3) is 2.02. The molecule has 0 aromatic heterocycles. The average molecular weight is 194 g/mol. The summed E-state index contributed by atoms with van der Waals surface area (Å²) < 4.78 is 12.9. The van der Waals surface area contributed by atoms with Crippen LogP contribution in [0.5, 0.6) is 0 Å². The standard InChI is InChI=1S/C10H11FN2O/c11-7-3-6(4-8(12)5-7)10(14)13-9-1-2-9/h3-5,9H,1-2,12H2,(H,13,14). The van der Waals surface area contributed by atoms with Gasteiger partial charge in [-0.25, -0.2) is 4.39 Å². The first-order valence-electron chi connectivity index (χ1n) is 4.52. The van der Waals surface area contributed by atoms with Gasteiger partial charge in [-0.05, 0) is 31.0 Å². The number of halogens is 1. The molecule has 2 rings (SSSR count). The van der Waals surface area contributed by atoms with Gasteiger partial charge in [0.2, 0.25) is 0 Å². The van der Waals surface area contributed by atoms with Crippen molar-refractivity contribution in [3.63, 3.8) is 0 Å². The van der Waals surface area contributed by atoms with Crippen molar-refractivity contribution in [3.05, 3.63) is 29.6 Å². The summed E-state index contributed by atoms with van der Waals surface area (Å²) in [6.07, 6.45) is 2.02. The van der Waals surface area contributed by atoms with E-state index >= 15 is 0 Å². The predicted molar refractivity (Wildman–Crippen MR) is 51.3 cm³/mol. The topological polar surface area (TPSA) is 55.1 Å². The van der Waals surface area contributed by atoms with E-state index in [2.05, 4.69) is 5.32 Å². The van der Waals surface area contributed by atoms with E-state index in [4.69, 9.17) is 5.73 Å². The fourth-order valence-electron chi connectivity index (χ4n) is 1.24. The van der Waals surface area contributed by atoms with Crippen LogP contribution in [0.25, 0.3) is 0 Å². The molecule has 1 aromatic carbocycles. The zero-order valence-electron chi connectivity index (χ0n) is 7.59. The molecule has 1 fully saturated rings. The highest BCUT2D eigenvalue weighted by Gasteiger charge is 2.23. The SMILES string of the molecule is Nc1cc(F)cc(C(=O)NC2CC2)c1. The molecule has 1 aliphatic rings. The van der Waals surface area contributed by atoms with Crippen molar-refractivity contribution < 1.29 is 9.18 Å². The third-order valence-electron chi connectivity index (χ3n) is 2.09. The molecule has 1 aromatic rings. The molecule has 0 saturated heterocycles. The molecular weight excluding hydrogens is 183 g/mol. The largest absolute Gasteiger partial charge is 0.399 e. The molecule has 1 saturated carbocycles. The number of benzene rings is 1. The Kier molecular flexibility index (Phi) is 2.11. The highest BCUT2D eigenvalue weighted by molar-refractivity contribution is 5.95. The fourth-order valence-corrected chi connectivity index (χ4v) is 1.24. The highest BCUT2D eigenvalue weighted by Crippen LogP contribution is 2.20. The zero-order chi connectivity index (χ0) is 10.1. The van der Waals surface area contributed by atoms with Gasteiger partial charge in [-0.15, -0.1) is 0 Å². The Morgan fingerprint density at radius 3 is 2.71 bits per heavy atom. The van der Waals surface area contributed by atoms with Gasteiger partial charge in [0.05, 0.1) is 0 Å². The number of hydrogen-bond donors (Lipinski definition) is 2. The minimum Gasteiger partial charge on any atom is -0.399 e. The number of carbonyl (C=O) groups is 1. The quantitative estimate of drug-likeness (QED) is 0.697. The summed E-state index contributed by atoms with van der Waals surface area (Å²) in [5, 5.41) is 2.76. The van der Waals surface area contributed by atoms with Crippen molar-refractivity contribution in [2.24, 2.45) is 0 Å². The Morgan fingerprint density at radius 1 is 1.43 bits per heavy atom. The van der Waals surface area contributed by atoms with Gasteiger partial charge in [0.1, 0.15) is 5.82 Å². The molecule has 0 heterocycles. The Morgan fingerprint density at radius 2 is 2.14 bits per heavy atom. The maximum absolute atomic E-state index is 12.9. The molecule has 4 heteroatoms. The Bertz CT molecular complexity index is 354. The molecule has 14 heavy (non-hydrogen) atoms. The van der Waals surface area contributed by atoms with Crippen LogP contribution in [0.2, 0.25) is 0 Å². The van der Waals surface area contributed by atoms with E-state index in [9.17, 15) is 9.18 Å². The first kappa shape index (κ1) is 8.99. The predicted octanol–water partition coefficient (Wildman–Crippen LogP) is 1.30. The maximum atomic E-state index is 12.9. The van der Waals surface area contributed by atoms with E-state index in [0.29, 0.717) is 0 Å². The molecular formula is C10H11FN2O. The number of rotatable bonds is 2. The second-order valence-electron chi connectivity index (χ2n) is 3.52. The summed E-state index contributed by atoms with van der Waals surface area (Å²) in [4.78, 5) is 11.5. The molecule has 1 amide bonds. The summed E-state index contributed by atoms with van der Waals surface area (Å²) in [6.45, 7) is 0. The van der Waals surface area contributed by atoms with Crippen LogP contribution in [0, 0.1) is 5.82 Å². The number of nitrogens with two attached hydrogens (primary N) is 1. The minimum atomic E-state index is -0.481.